The molecule has 4 nitrogen and oxygen atoms in total. The van der Waals surface area contributed by atoms with Crippen molar-refractivity contribution in [3.05, 3.63) is 0 Å². The fourth-order valence-electron chi connectivity index (χ4n) is 1.31. The lowest BCUT2D eigenvalue weighted by molar-refractivity contribution is -0.638. The Kier molecular flexibility index (Phi) is 11.8. The minimum atomic E-state index is -1.82. The lowest BCUT2D eigenvalue weighted by atomic mass is 10.3. The third-order valence-corrected chi connectivity index (χ3v) is 2.56. The molecule has 0 bridgehead atoms. The highest BCUT2D eigenvalue weighted by Crippen LogP contribution is 2.09. The maximum atomic E-state index is 12.2. The van der Waals surface area contributed by atoms with Gasteiger partial charge in [0, 0.05) is 19.8 Å². The van der Waals surface area contributed by atoms with Gasteiger partial charge in [-0.1, -0.05) is 40.0 Å². The van der Waals surface area contributed by atoms with E-state index in [1.165, 1.54) is 0 Å². The van der Waals surface area contributed by atoms with Crippen LogP contribution in [0.3, 0.4) is 0 Å². The van der Waals surface area contributed by atoms with Crippen molar-refractivity contribution in [3.63, 3.8) is 0 Å². The predicted molar refractivity (Wildman–Crippen MR) is 70.2 cm³/mol. The highest BCUT2D eigenvalue weighted by molar-refractivity contribution is 4.52. The van der Waals surface area contributed by atoms with Crippen LogP contribution < -0.4 is 5.11 Å². The highest BCUT2D eigenvalue weighted by Gasteiger charge is 2.18. The zero-order chi connectivity index (χ0) is 13.7. The van der Waals surface area contributed by atoms with Gasteiger partial charge in [0.25, 0.3) is 0 Å². The zero-order valence-electron chi connectivity index (χ0n) is 12.2. The average molecular weight is 261 g/mol. The molecule has 0 aliphatic carbocycles. The van der Waals surface area contributed by atoms with Crippen LogP contribution in [0.25, 0.3) is 0 Å². The number of unbranched alkanes of at least 4 members (excludes halogenated alkanes) is 3. The molecule has 0 aliphatic heterocycles. The Morgan fingerprint density at radius 1 is 0.778 bits per heavy atom. The second-order valence-corrected chi connectivity index (χ2v) is 4.49. The van der Waals surface area contributed by atoms with Gasteiger partial charge >= 0.3 is 0 Å². The largest absolute Gasteiger partial charge is 0.805 e. The van der Waals surface area contributed by atoms with Crippen molar-refractivity contribution in [2.45, 2.75) is 65.3 Å². The topological polar surface area (TPSA) is 50.8 Å². The molecule has 0 atom stereocenters. The van der Waals surface area contributed by atoms with E-state index in [1.54, 1.807) is 0 Å². The summed E-state index contributed by atoms with van der Waals surface area (Å²) in [5.74, 6) is -1.82. The highest BCUT2D eigenvalue weighted by atomic mass is 16.8. The van der Waals surface area contributed by atoms with E-state index in [1.807, 2.05) is 0 Å². The molecule has 110 valence electrons. The molecule has 0 aromatic carbocycles. The molecule has 0 aromatic heterocycles. The van der Waals surface area contributed by atoms with E-state index in [0.717, 1.165) is 38.5 Å². The minimum Gasteiger partial charge on any atom is -0.805 e. The molecule has 0 amide bonds. The minimum absolute atomic E-state index is 0.0274. The van der Waals surface area contributed by atoms with Crippen molar-refractivity contribution in [2.75, 3.05) is 26.4 Å². The van der Waals surface area contributed by atoms with Gasteiger partial charge in [-0.3, -0.25) is 0 Å². The maximum Gasteiger partial charge on any atom is 0.122 e. The van der Waals surface area contributed by atoms with Gasteiger partial charge in [-0.2, -0.15) is 0 Å². The third-order valence-electron chi connectivity index (χ3n) is 2.56. The molecule has 4 heteroatoms. The summed E-state index contributed by atoms with van der Waals surface area (Å²) < 4.78 is 15.9. The first kappa shape index (κ1) is 17.8. The van der Waals surface area contributed by atoms with Crippen molar-refractivity contribution in [1.82, 2.24) is 0 Å². The summed E-state index contributed by atoms with van der Waals surface area (Å²) in [4.78, 5) is 0. The van der Waals surface area contributed by atoms with Gasteiger partial charge in [-0.05, 0) is 19.3 Å². The summed E-state index contributed by atoms with van der Waals surface area (Å²) in [5.41, 5.74) is 0. The molecule has 18 heavy (non-hydrogen) atoms. The standard InChI is InChI=1S/C14H29O4/c1-4-7-10-16-13-14(15,17-11-8-5-2)18-12-9-6-3/h4-13H2,1-3H3/q-1. The molecule has 0 saturated carbocycles. The SMILES string of the molecule is CCCCOCC([O-])(OCCCC)OCCCC. The third kappa shape index (κ3) is 9.83. The molecule has 0 fully saturated rings. The Hall–Kier alpha value is -0.160. The fourth-order valence-corrected chi connectivity index (χ4v) is 1.31. The smallest absolute Gasteiger partial charge is 0.122 e. The van der Waals surface area contributed by atoms with E-state index in [2.05, 4.69) is 20.8 Å². The normalized spacial score (nSPS) is 12.0. The summed E-state index contributed by atoms with van der Waals surface area (Å²) in [5, 5.41) is 12.2. The summed E-state index contributed by atoms with van der Waals surface area (Å²) in [6, 6.07) is 0. The summed E-state index contributed by atoms with van der Waals surface area (Å²) >= 11 is 0. The zero-order valence-corrected chi connectivity index (χ0v) is 12.2. The molecule has 0 spiro atoms. The van der Waals surface area contributed by atoms with Crippen LogP contribution in [0.1, 0.15) is 59.3 Å². The van der Waals surface area contributed by atoms with E-state index in [9.17, 15) is 5.11 Å². The molecule has 0 saturated heterocycles. The van der Waals surface area contributed by atoms with E-state index in [-0.39, 0.29) is 6.61 Å². The molecular formula is C14H29O4-. The number of ether oxygens (including phenoxy) is 3. The van der Waals surface area contributed by atoms with Crippen LogP contribution in [0.15, 0.2) is 0 Å². The molecule has 0 radical (unpaired) electrons. The summed E-state index contributed by atoms with van der Waals surface area (Å²) in [6.45, 7) is 7.64. The van der Waals surface area contributed by atoms with E-state index in [0.29, 0.717) is 19.8 Å². The van der Waals surface area contributed by atoms with Gasteiger partial charge in [0.1, 0.15) is 5.97 Å². The van der Waals surface area contributed by atoms with Crippen LogP contribution in [0.4, 0.5) is 0 Å². The van der Waals surface area contributed by atoms with Gasteiger partial charge in [0.05, 0.1) is 6.61 Å². The Balaban J connectivity index is 3.95. The first-order valence-corrected chi connectivity index (χ1v) is 7.24. The van der Waals surface area contributed by atoms with Crippen molar-refractivity contribution in [1.29, 1.82) is 0 Å². The van der Waals surface area contributed by atoms with Crippen LogP contribution in [0, 0.1) is 0 Å². The van der Waals surface area contributed by atoms with Gasteiger partial charge in [0.2, 0.25) is 0 Å². The molecule has 0 aliphatic rings. The summed E-state index contributed by atoms with van der Waals surface area (Å²) in [6.07, 6.45) is 5.76. The first-order chi connectivity index (χ1) is 8.68. The van der Waals surface area contributed by atoms with E-state index < -0.39 is 5.97 Å². The van der Waals surface area contributed by atoms with Crippen LogP contribution in [0.5, 0.6) is 0 Å². The Labute approximate surface area is 112 Å². The molecule has 0 N–H and O–H groups in total. The van der Waals surface area contributed by atoms with Crippen molar-refractivity contribution >= 4 is 0 Å². The van der Waals surface area contributed by atoms with Gasteiger partial charge < -0.3 is 19.3 Å². The lowest BCUT2D eigenvalue weighted by Gasteiger charge is -2.39. The number of rotatable bonds is 13. The molecule has 0 unspecified atom stereocenters. The number of hydrogen-bond donors (Lipinski definition) is 0. The fraction of sp³-hybridized carbons (Fsp3) is 1.00. The lowest BCUT2D eigenvalue weighted by Crippen LogP contribution is -2.53. The Morgan fingerprint density at radius 2 is 1.22 bits per heavy atom. The van der Waals surface area contributed by atoms with Gasteiger partial charge in [-0.15, -0.1) is 0 Å². The maximum absolute atomic E-state index is 12.2. The summed E-state index contributed by atoms with van der Waals surface area (Å²) in [7, 11) is 0. The van der Waals surface area contributed by atoms with Crippen LogP contribution >= 0.6 is 0 Å². The van der Waals surface area contributed by atoms with E-state index >= 15 is 0 Å². The van der Waals surface area contributed by atoms with Gasteiger partial charge in [0.15, 0.2) is 0 Å². The molecule has 0 heterocycles. The molecule has 0 rings (SSSR count). The Morgan fingerprint density at radius 3 is 1.67 bits per heavy atom. The second kappa shape index (κ2) is 11.9. The van der Waals surface area contributed by atoms with Gasteiger partial charge in [-0.25, -0.2) is 0 Å². The van der Waals surface area contributed by atoms with Crippen LogP contribution in [-0.2, 0) is 14.2 Å². The van der Waals surface area contributed by atoms with Crippen molar-refractivity contribution < 1.29 is 19.3 Å². The molecule has 0 aromatic rings. The average Bonchev–Trinajstić information content (AvgIpc) is 2.36. The monoisotopic (exact) mass is 261 g/mol. The quantitative estimate of drug-likeness (QED) is 0.377. The Bertz CT molecular complexity index is 163. The number of hydrogen-bond acceptors (Lipinski definition) is 4. The predicted octanol–water partition coefficient (Wildman–Crippen LogP) is 2.45. The van der Waals surface area contributed by atoms with Crippen LogP contribution in [-0.4, -0.2) is 32.4 Å². The van der Waals surface area contributed by atoms with Crippen LogP contribution in [0.2, 0.25) is 0 Å². The van der Waals surface area contributed by atoms with Crippen molar-refractivity contribution in [3.8, 4) is 0 Å². The first-order valence-electron chi connectivity index (χ1n) is 7.24. The van der Waals surface area contributed by atoms with E-state index in [4.69, 9.17) is 14.2 Å². The van der Waals surface area contributed by atoms with Crippen molar-refractivity contribution in [2.24, 2.45) is 0 Å². The molecular weight excluding hydrogens is 232 g/mol. The second-order valence-electron chi connectivity index (χ2n) is 4.49.